The lowest BCUT2D eigenvalue weighted by Gasteiger charge is -1.91. The highest BCUT2D eigenvalue weighted by Crippen LogP contribution is 2.15. The van der Waals surface area contributed by atoms with Crippen LogP contribution in [-0.4, -0.2) is 31.5 Å². The number of aliphatic carboxylic acids is 1. The van der Waals surface area contributed by atoms with Gasteiger partial charge >= 0.3 is 5.97 Å². The predicted molar refractivity (Wildman–Crippen MR) is 51.3 cm³/mol. The number of hydrogen-bond donors (Lipinski definition) is 1. The van der Waals surface area contributed by atoms with Crippen LogP contribution in [0.25, 0.3) is 11.5 Å². The topological polar surface area (TPSA) is 102 Å². The van der Waals surface area contributed by atoms with Crippen LogP contribution in [0.4, 0.5) is 0 Å². The quantitative estimate of drug-likeness (QED) is 0.802. The van der Waals surface area contributed by atoms with Crippen LogP contribution in [0.2, 0.25) is 0 Å². The first-order valence-electron chi connectivity index (χ1n) is 4.57. The van der Waals surface area contributed by atoms with Crippen molar-refractivity contribution in [1.29, 1.82) is 0 Å². The van der Waals surface area contributed by atoms with Crippen LogP contribution >= 0.6 is 0 Å². The number of carbonyl (C=O) groups is 1. The summed E-state index contributed by atoms with van der Waals surface area (Å²) in [6.07, 6.45) is 3.20. The lowest BCUT2D eigenvalue weighted by Crippen LogP contribution is -1.97. The van der Waals surface area contributed by atoms with E-state index in [1.165, 1.54) is 12.4 Å². The molecule has 16 heavy (non-hydrogen) atoms. The Bertz CT molecular complexity index is 483. The van der Waals surface area contributed by atoms with E-state index in [9.17, 15) is 4.79 Å². The average molecular weight is 220 g/mol. The normalized spacial score (nSPS) is 10.2. The van der Waals surface area contributed by atoms with Crippen molar-refractivity contribution in [3.63, 3.8) is 0 Å². The van der Waals surface area contributed by atoms with Gasteiger partial charge in [-0.15, -0.1) is 10.2 Å². The first kappa shape index (κ1) is 10.2. The molecule has 0 aromatic carbocycles. The Morgan fingerprint density at radius 3 is 2.94 bits per heavy atom. The molecule has 2 aromatic heterocycles. The zero-order chi connectivity index (χ0) is 11.4. The lowest BCUT2D eigenvalue weighted by molar-refractivity contribution is -0.137. The molecule has 2 rings (SSSR count). The third kappa shape index (κ3) is 2.38. The van der Waals surface area contributed by atoms with E-state index >= 15 is 0 Å². The zero-order valence-electron chi connectivity index (χ0n) is 8.20. The minimum Gasteiger partial charge on any atom is -0.481 e. The molecular formula is C9H8N4O3. The van der Waals surface area contributed by atoms with Crippen LogP contribution in [0.3, 0.4) is 0 Å². The fourth-order valence-corrected chi connectivity index (χ4v) is 1.10. The second-order valence-corrected chi connectivity index (χ2v) is 3.03. The summed E-state index contributed by atoms with van der Waals surface area (Å²) in [6.45, 7) is 0. The smallest absolute Gasteiger partial charge is 0.303 e. The fraction of sp³-hybridized carbons (Fsp3) is 0.222. The van der Waals surface area contributed by atoms with Crippen molar-refractivity contribution in [2.24, 2.45) is 0 Å². The maximum absolute atomic E-state index is 10.3. The van der Waals surface area contributed by atoms with Gasteiger partial charge in [0.05, 0.1) is 24.4 Å². The van der Waals surface area contributed by atoms with Gasteiger partial charge in [-0.25, -0.2) is 0 Å². The molecule has 2 aromatic rings. The predicted octanol–water partition coefficient (Wildman–Crippen LogP) is 0.544. The number of aryl methyl sites for hydroxylation is 1. The minimum atomic E-state index is -0.898. The Balaban J connectivity index is 2.11. The monoisotopic (exact) mass is 220 g/mol. The molecule has 0 bridgehead atoms. The standard InChI is InChI=1S/C9H8N4O3/c14-8(15)2-1-7-12-13-9(16-7)6-3-4-10-11-5-6/h3-5H,1-2H2,(H,14,15). The van der Waals surface area contributed by atoms with Crippen LogP contribution < -0.4 is 0 Å². The number of aromatic nitrogens is 4. The molecule has 1 N–H and O–H groups in total. The highest BCUT2D eigenvalue weighted by atomic mass is 16.4. The summed E-state index contributed by atoms with van der Waals surface area (Å²) < 4.78 is 5.27. The third-order valence-electron chi connectivity index (χ3n) is 1.85. The molecule has 0 fully saturated rings. The second-order valence-electron chi connectivity index (χ2n) is 3.03. The second kappa shape index (κ2) is 4.47. The van der Waals surface area contributed by atoms with Crippen molar-refractivity contribution in [1.82, 2.24) is 20.4 Å². The van der Waals surface area contributed by atoms with Gasteiger partial charge in [-0.2, -0.15) is 10.2 Å². The highest BCUT2D eigenvalue weighted by molar-refractivity contribution is 5.66. The molecule has 0 aliphatic carbocycles. The summed E-state index contributed by atoms with van der Waals surface area (Å²) in [5.74, 6) is -0.283. The summed E-state index contributed by atoms with van der Waals surface area (Å²) >= 11 is 0. The molecule has 0 amide bonds. The zero-order valence-corrected chi connectivity index (χ0v) is 8.20. The first-order valence-corrected chi connectivity index (χ1v) is 4.57. The summed E-state index contributed by atoms with van der Waals surface area (Å²) in [6, 6.07) is 1.68. The van der Waals surface area contributed by atoms with E-state index in [4.69, 9.17) is 9.52 Å². The van der Waals surface area contributed by atoms with Gasteiger partial charge in [-0.1, -0.05) is 0 Å². The van der Waals surface area contributed by atoms with E-state index in [1.807, 2.05) is 0 Å². The Kier molecular flexibility index (Phi) is 2.86. The minimum absolute atomic E-state index is 0.0315. The van der Waals surface area contributed by atoms with E-state index in [1.54, 1.807) is 6.07 Å². The van der Waals surface area contributed by atoms with Gasteiger partial charge in [0.1, 0.15) is 0 Å². The van der Waals surface area contributed by atoms with E-state index < -0.39 is 5.97 Å². The Morgan fingerprint density at radius 1 is 1.38 bits per heavy atom. The van der Waals surface area contributed by atoms with Crippen molar-refractivity contribution in [3.8, 4) is 11.5 Å². The molecule has 0 radical (unpaired) electrons. The molecular weight excluding hydrogens is 212 g/mol. The molecule has 82 valence electrons. The van der Waals surface area contributed by atoms with Crippen molar-refractivity contribution < 1.29 is 14.3 Å². The SMILES string of the molecule is O=C(O)CCc1nnc(-c2ccnnc2)o1. The Hall–Kier alpha value is -2.31. The van der Waals surface area contributed by atoms with Crippen LogP contribution in [0, 0.1) is 0 Å². The highest BCUT2D eigenvalue weighted by Gasteiger charge is 2.09. The van der Waals surface area contributed by atoms with Gasteiger partial charge < -0.3 is 9.52 Å². The number of carboxylic acids is 1. The molecule has 0 unspecified atom stereocenters. The summed E-state index contributed by atoms with van der Waals surface area (Å²) in [7, 11) is 0. The molecule has 0 saturated heterocycles. The van der Waals surface area contributed by atoms with Gasteiger partial charge in [-0.3, -0.25) is 4.79 Å². The molecule has 0 aliphatic rings. The van der Waals surface area contributed by atoms with Gasteiger partial charge in [0.2, 0.25) is 11.8 Å². The first-order chi connectivity index (χ1) is 7.75. The van der Waals surface area contributed by atoms with Crippen LogP contribution in [-0.2, 0) is 11.2 Å². The maximum atomic E-state index is 10.3. The van der Waals surface area contributed by atoms with E-state index in [2.05, 4.69) is 20.4 Å². The molecule has 2 heterocycles. The van der Waals surface area contributed by atoms with E-state index in [0.717, 1.165) is 0 Å². The Morgan fingerprint density at radius 2 is 2.25 bits per heavy atom. The average Bonchev–Trinajstić information content (AvgIpc) is 2.76. The van der Waals surface area contributed by atoms with Crippen LogP contribution in [0.5, 0.6) is 0 Å². The number of carboxylic acid groups (broad SMARTS) is 1. The third-order valence-corrected chi connectivity index (χ3v) is 1.85. The van der Waals surface area contributed by atoms with Gasteiger partial charge in [0.15, 0.2) is 0 Å². The number of rotatable bonds is 4. The van der Waals surface area contributed by atoms with Crippen LogP contribution in [0.15, 0.2) is 22.9 Å². The van der Waals surface area contributed by atoms with Gasteiger partial charge in [0, 0.05) is 6.42 Å². The molecule has 0 atom stereocenters. The van der Waals surface area contributed by atoms with Gasteiger partial charge in [-0.05, 0) is 6.07 Å². The lowest BCUT2D eigenvalue weighted by atomic mass is 10.3. The van der Waals surface area contributed by atoms with Crippen molar-refractivity contribution >= 4 is 5.97 Å². The molecule has 0 aliphatic heterocycles. The summed E-state index contributed by atoms with van der Waals surface area (Å²) in [4.78, 5) is 10.3. The maximum Gasteiger partial charge on any atom is 0.303 e. The van der Waals surface area contributed by atoms with Crippen molar-refractivity contribution in [2.45, 2.75) is 12.8 Å². The summed E-state index contributed by atoms with van der Waals surface area (Å²) in [5, 5.41) is 23.3. The molecule has 0 spiro atoms. The van der Waals surface area contributed by atoms with E-state index in [-0.39, 0.29) is 12.8 Å². The molecule has 0 saturated carbocycles. The van der Waals surface area contributed by atoms with E-state index in [0.29, 0.717) is 17.3 Å². The fourth-order valence-electron chi connectivity index (χ4n) is 1.10. The Labute approximate surface area is 90.1 Å². The molecule has 7 heteroatoms. The summed E-state index contributed by atoms with van der Waals surface area (Å²) in [5.41, 5.74) is 0.657. The molecule has 7 nitrogen and oxygen atoms in total. The van der Waals surface area contributed by atoms with Crippen molar-refractivity contribution in [2.75, 3.05) is 0 Å². The van der Waals surface area contributed by atoms with Crippen molar-refractivity contribution in [3.05, 3.63) is 24.4 Å². The largest absolute Gasteiger partial charge is 0.481 e. The van der Waals surface area contributed by atoms with Crippen LogP contribution in [0.1, 0.15) is 12.3 Å². The van der Waals surface area contributed by atoms with Gasteiger partial charge in [0.25, 0.3) is 0 Å². The number of hydrogen-bond acceptors (Lipinski definition) is 6. The number of nitrogens with zero attached hydrogens (tertiary/aromatic N) is 4.